The van der Waals surface area contributed by atoms with Crippen LogP contribution in [0.25, 0.3) is 21.8 Å². The summed E-state index contributed by atoms with van der Waals surface area (Å²) in [7, 11) is 0. The maximum Gasteiger partial charge on any atom is 0.175 e. The Morgan fingerprint density at radius 1 is 0.862 bits per heavy atom. The summed E-state index contributed by atoms with van der Waals surface area (Å²) in [5, 5.41) is 6.09. The second kappa shape index (κ2) is 8.01. The van der Waals surface area contributed by atoms with E-state index in [-0.39, 0.29) is 0 Å². The van der Waals surface area contributed by atoms with Crippen molar-refractivity contribution in [1.29, 1.82) is 0 Å². The number of benzene rings is 3. The molecule has 0 unspecified atom stereocenters. The van der Waals surface area contributed by atoms with E-state index in [2.05, 4.69) is 74.8 Å². The van der Waals surface area contributed by atoms with Gasteiger partial charge in [-0.05, 0) is 72.9 Å². The van der Waals surface area contributed by atoms with Crippen LogP contribution in [0.3, 0.4) is 0 Å². The van der Waals surface area contributed by atoms with Crippen LogP contribution in [0.4, 0.5) is 5.69 Å². The fourth-order valence-corrected chi connectivity index (χ4v) is 4.62. The second-order valence-electron chi connectivity index (χ2n) is 7.96. The van der Waals surface area contributed by atoms with Gasteiger partial charge in [-0.2, -0.15) is 0 Å². The van der Waals surface area contributed by atoms with E-state index in [9.17, 15) is 0 Å². The summed E-state index contributed by atoms with van der Waals surface area (Å²) in [5.41, 5.74) is 6.04. The number of likely N-dealkylation sites (tertiary alicyclic amines) is 1. The van der Waals surface area contributed by atoms with Gasteiger partial charge in [0.15, 0.2) is 4.77 Å². The molecule has 0 atom stereocenters. The van der Waals surface area contributed by atoms with E-state index in [4.69, 9.17) is 12.2 Å². The Bertz CT molecular complexity index is 1200. The van der Waals surface area contributed by atoms with E-state index in [0.29, 0.717) is 4.77 Å². The van der Waals surface area contributed by atoms with Crippen molar-refractivity contribution < 1.29 is 0 Å². The van der Waals surface area contributed by atoms with Crippen LogP contribution in [0, 0.1) is 4.77 Å². The number of aromatic amines is 2. The first-order valence-electron chi connectivity index (χ1n) is 10.4. The molecule has 0 spiro atoms. The van der Waals surface area contributed by atoms with Gasteiger partial charge < -0.3 is 15.3 Å². The molecule has 1 aliphatic rings. The number of aromatic nitrogens is 2. The van der Waals surface area contributed by atoms with Crippen molar-refractivity contribution in [3.63, 3.8) is 0 Å². The summed E-state index contributed by atoms with van der Waals surface area (Å²) in [6, 6.07) is 19.6. The minimum Gasteiger partial charge on any atom is -0.380 e. The molecule has 1 fully saturated rings. The first kappa shape index (κ1) is 18.4. The third-order valence-electron chi connectivity index (χ3n) is 5.95. The van der Waals surface area contributed by atoms with Gasteiger partial charge in [0.2, 0.25) is 0 Å². The molecular formula is C24H26N4S. The lowest BCUT2D eigenvalue weighted by molar-refractivity contribution is 0.220. The largest absolute Gasteiger partial charge is 0.380 e. The highest BCUT2D eigenvalue weighted by Crippen LogP contribution is 2.28. The number of H-pyrrole nitrogens is 2. The number of piperidine rings is 1. The molecule has 1 aromatic heterocycles. The quantitative estimate of drug-likeness (QED) is 0.360. The van der Waals surface area contributed by atoms with Crippen molar-refractivity contribution in [2.75, 3.05) is 18.4 Å². The molecule has 3 N–H and O–H groups in total. The molecule has 5 heteroatoms. The zero-order valence-corrected chi connectivity index (χ0v) is 17.3. The maximum absolute atomic E-state index is 5.25. The van der Waals surface area contributed by atoms with Gasteiger partial charge in [-0.1, -0.05) is 42.8 Å². The minimum absolute atomic E-state index is 0.663. The van der Waals surface area contributed by atoms with Crippen molar-refractivity contribution in [3.05, 3.63) is 70.5 Å². The smallest absolute Gasteiger partial charge is 0.175 e. The van der Waals surface area contributed by atoms with Crippen molar-refractivity contribution >= 4 is 39.7 Å². The summed E-state index contributed by atoms with van der Waals surface area (Å²) in [6.45, 7) is 4.32. The highest BCUT2D eigenvalue weighted by molar-refractivity contribution is 7.71. The van der Waals surface area contributed by atoms with Gasteiger partial charge >= 0.3 is 0 Å². The normalized spacial score (nSPS) is 15.2. The van der Waals surface area contributed by atoms with Crippen LogP contribution in [0.5, 0.6) is 0 Å². The third kappa shape index (κ3) is 3.93. The first-order chi connectivity index (χ1) is 14.3. The zero-order valence-electron chi connectivity index (χ0n) is 16.5. The molecule has 2 heterocycles. The molecule has 4 nitrogen and oxygen atoms in total. The average Bonchev–Trinajstić information content (AvgIpc) is 3.11. The average molecular weight is 403 g/mol. The van der Waals surface area contributed by atoms with Gasteiger partial charge in [0.25, 0.3) is 0 Å². The molecule has 5 rings (SSSR count). The van der Waals surface area contributed by atoms with Gasteiger partial charge in [0, 0.05) is 24.2 Å². The van der Waals surface area contributed by atoms with Crippen LogP contribution in [0.1, 0.15) is 30.4 Å². The van der Waals surface area contributed by atoms with Crippen LogP contribution in [0.2, 0.25) is 0 Å². The van der Waals surface area contributed by atoms with E-state index >= 15 is 0 Å². The fourth-order valence-electron chi connectivity index (χ4n) is 4.40. The van der Waals surface area contributed by atoms with E-state index in [0.717, 1.165) is 29.8 Å². The van der Waals surface area contributed by atoms with E-state index in [1.165, 1.54) is 54.3 Å². The molecule has 0 aliphatic carbocycles. The van der Waals surface area contributed by atoms with Crippen molar-refractivity contribution in [2.24, 2.45) is 0 Å². The number of hydrogen-bond acceptors (Lipinski definition) is 3. The van der Waals surface area contributed by atoms with E-state index < -0.39 is 0 Å². The molecule has 4 aromatic rings. The molecule has 3 aromatic carbocycles. The summed E-state index contributed by atoms with van der Waals surface area (Å²) in [4.78, 5) is 9.03. The summed E-state index contributed by atoms with van der Waals surface area (Å²) in [6.07, 6.45) is 4.03. The van der Waals surface area contributed by atoms with Crippen LogP contribution in [-0.4, -0.2) is 28.0 Å². The monoisotopic (exact) mass is 402 g/mol. The molecule has 0 amide bonds. The Balaban J connectivity index is 1.40. The predicted octanol–water partition coefficient (Wildman–Crippen LogP) is 5.98. The zero-order chi connectivity index (χ0) is 19.6. The number of fused-ring (bicyclic) bond motifs is 2. The third-order valence-corrected chi connectivity index (χ3v) is 6.15. The number of hydrogen-bond donors (Lipinski definition) is 3. The Hall–Kier alpha value is -2.63. The molecule has 0 saturated carbocycles. The number of nitrogens with zero attached hydrogens (tertiary/aromatic N) is 1. The van der Waals surface area contributed by atoms with Crippen molar-refractivity contribution in [1.82, 2.24) is 14.9 Å². The minimum atomic E-state index is 0.663. The van der Waals surface area contributed by atoms with Crippen LogP contribution in [0.15, 0.2) is 54.6 Å². The lowest BCUT2D eigenvalue weighted by Gasteiger charge is -2.27. The summed E-state index contributed by atoms with van der Waals surface area (Å²) in [5.74, 6) is 0. The Kier molecular flexibility index (Phi) is 5.08. The molecule has 1 saturated heterocycles. The van der Waals surface area contributed by atoms with Crippen LogP contribution in [-0.2, 0) is 13.1 Å². The lowest BCUT2D eigenvalue weighted by atomic mass is 10.0. The molecule has 0 bridgehead atoms. The van der Waals surface area contributed by atoms with E-state index in [1.54, 1.807) is 0 Å². The van der Waals surface area contributed by atoms with Crippen LogP contribution >= 0.6 is 12.2 Å². The maximum atomic E-state index is 5.25. The number of nitrogens with one attached hydrogen (secondary N) is 3. The van der Waals surface area contributed by atoms with Gasteiger partial charge in [0.05, 0.1) is 11.0 Å². The molecule has 148 valence electrons. The van der Waals surface area contributed by atoms with Gasteiger partial charge in [-0.15, -0.1) is 0 Å². The Morgan fingerprint density at radius 2 is 1.62 bits per heavy atom. The van der Waals surface area contributed by atoms with Crippen molar-refractivity contribution in [3.8, 4) is 0 Å². The number of anilines is 1. The molecule has 1 aliphatic heterocycles. The fraction of sp³-hybridized carbons (Fsp3) is 0.292. The number of imidazole rings is 1. The second-order valence-corrected chi connectivity index (χ2v) is 8.37. The lowest BCUT2D eigenvalue weighted by Crippen LogP contribution is -2.29. The molecular weight excluding hydrogens is 376 g/mol. The van der Waals surface area contributed by atoms with Gasteiger partial charge in [-0.3, -0.25) is 4.90 Å². The molecule has 29 heavy (non-hydrogen) atoms. The van der Waals surface area contributed by atoms with Gasteiger partial charge in [-0.25, -0.2) is 0 Å². The standard InChI is InChI=1S/C24H26N4S/c29-24-26-22-13-17-9-6-10-21(20(17)14-23(22)27-24)25-15-18-7-2-3-8-19(18)16-28-11-4-1-5-12-28/h2-3,6-10,13-14,25H,1,4-5,11-12,15-16H2,(H2,26,27,29). The summed E-state index contributed by atoms with van der Waals surface area (Å²) >= 11 is 5.25. The summed E-state index contributed by atoms with van der Waals surface area (Å²) < 4.78 is 0.663. The first-order valence-corrected chi connectivity index (χ1v) is 10.8. The predicted molar refractivity (Wildman–Crippen MR) is 124 cm³/mol. The Labute approximate surface area is 175 Å². The number of rotatable bonds is 5. The highest BCUT2D eigenvalue weighted by Gasteiger charge is 2.12. The molecule has 0 radical (unpaired) electrons. The van der Waals surface area contributed by atoms with Crippen molar-refractivity contribution in [2.45, 2.75) is 32.4 Å². The van der Waals surface area contributed by atoms with Crippen LogP contribution < -0.4 is 5.32 Å². The van der Waals surface area contributed by atoms with E-state index in [1.807, 2.05) is 0 Å². The highest BCUT2D eigenvalue weighted by atomic mass is 32.1. The van der Waals surface area contributed by atoms with Gasteiger partial charge in [0.1, 0.15) is 0 Å². The Morgan fingerprint density at radius 3 is 2.45 bits per heavy atom. The SMILES string of the molecule is S=c1[nH]c2cc3cccc(NCc4ccccc4CN4CCCCC4)c3cc2[nH]1. The topological polar surface area (TPSA) is 46.9 Å².